The summed E-state index contributed by atoms with van der Waals surface area (Å²) in [5, 5.41) is 0.149. The number of halogens is 2. The Morgan fingerprint density at radius 3 is 2.75 bits per heavy atom. The first-order valence-electron chi connectivity index (χ1n) is 7.17. The van der Waals surface area contributed by atoms with Crippen LogP contribution in [0.5, 0.6) is 0 Å². The molecule has 0 amide bonds. The lowest BCUT2D eigenvalue weighted by Crippen LogP contribution is -2.19. The van der Waals surface area contributed by atoms with Crippen molar-refractivity contribution in [3.8, 4) is 0 Å². The van der Waals surface area contributed by atoms with Gasteiger partial charge in [-0.05, 0) is 44.0 Å². The molecule has 0 aliphatic heterocycles. The molecule has 2 nitrogen and oxygen atoms in total. The van der Waals surface area contributed by atoms with Gasteiger partial charge in [-0.25, -0.2) is 4.39 Å². The average Bonchev–Trinajstić information content (AvgIpc) is 2.75. The first kappa shape index (κ1) is 14.1. The topological polar surface area (TPSA) is 20.7 Å². The number of nitrogens with zero attached hydrogens (tertiary/aromatic N) is 1. The predicted octanol–water partition coefficient (Wildman–Crippen LogP) is 5.63. The van der Waals surface area contributed by atoms with E-state index < -0.39 is 5.82 Å². The number of hydrogen-bond donors (Lipinski definition) is 1. The Hall–Kier alpha value is -0.870. The normalized spacial score (nSPS) is 18.6. The highest BCUT2D eigenvalue weighted by molar-refractivity contribution is 7.71. The van der Waals surface area contributed by atoms with Crippen LogP contribution in [0.1, 0.15) is 45.1 Å². The van der Waals surface area contributed by atoms with Gasteiger partial charge in [0.2, 0.25) is 0 Å². The highest BCUT2D eigenvalue weighted by Crippen LogP contribution is 2.35. The van der Waals surface area contributed by atoms with Gasteiger partial charge in [-0.3, -0.25) is 0 Å². The Bertz CT molecular complexity index is 685. The van der Waals surface area contributed by atoms with Crippen molar-refractivity contribution < 1.29 is 4.39 Å². The van der Waals surface area contributed by atoms with E-state index >= 15 is 0 Å². The van der Waals surface area contributed by atoms with Gasteiger partial charge in [0, 0.05) is 12.1 Å². The maximum atomic E-state index is 13.6. The molecule has 20 heavy (non-hydrogen) atoms. The third-order valence-electron chi connectivity index (χ3n) is 4.50. The van der Waals surface area contributed by atoms with Crippen LogP contribution < -0.4 is 0 Å². The molecule has 108 valence electrons. The molecule has 1 atom stereocenters. The summed E-state index contributed by atoms with van der Waals surface area (Å²) in [7, 11) is 0. The second-order valence-electron chi connectivity index (χ2n) is 5.72. The number of rotatable bonds is 2. The van der Waals surface area contributed by atoms with Crippen LogP contribution in [0.3, 0.4) is 0 Å². The minimum absolute atomic E-state index is 0.149. The number of aromatic nitrogens is 2. The van der Waals surface area contributed by atoms with E-state index in [0.29, 0.717) is 16.7 Å². The Balaban J connectivity index is 2.08. The van der Waals surface area contributed by atoms with Gasteiger partial charge < -0.3 is 9.55 Å². The molecule has 1 aromatic carbocycles. The fraction of sp³-hybridized carbons (Fsp3) is 0.533. The molecule has 1 fully saturated rings. The molecule has 1 saturated carbocycles. The van der Waals surface area contributed by atoms with Crippen LogP contribution in [0.2, 0.25) is 5.02 Å². The van der Waals surface area contributed by atoms with Gasteiger partial charge in [0.25, 0.3) is 0 Å². The van der Waals surface area contributed by atoms with Gasteiger partial charge >= 0.3 is 0 Å². The Morgan fingerprint density at radius 1 is 1.35 bits per heavy atom. The summed E-state index contributed by atoms with van der Waals surface area (Å²) < 4.78 is 16.3. The fourth-order valence-corrected chi connectivity index (χ4v) is 3.88. The molecule has 0 radical (unpaired) electrons. The van der Waals surface area contributed by atoms with Crippen molar-refractivity contribution in [2.75, 3.05) is 0 Å². The molecule has 0 bridgehead atoms. The zero-order valence-corrected chi connectivity index (χ0v) is 13.0. The Labute approximate surface area is 127 Å². The number of fused-ring (bicyclic) bond motifs is 1. The van der Waals surface area contributed by atoms with Crippen molar-refractivity contribution in [1.29, 1.82) is 0 Å². The molecule has 5 heteroatoms. The first-order chi connectivity index (χ1) is 9.58. The lowest BCUT2D eigenvalue weighted by atomic mass is 9.84. The summed E-state index contributed by atoms with van der Waals surface area (Å²) in [5.41, 5.74) is 1.62. The van der Waals surface area contributed by atoms with Crippen LogP contribution in [0.25, 0.3) is 11.0 Å². The van der Waals surface area contributed by atoms with Gasteiger partial charge in [-0.2, -0.15) is 0 Å². The van der Waals surface area contributed by atoms with Crippen LogP contribution in [-0.4, -0.2) is 9.55 Å². The Morgan fingerprint density at radius 2 is 2.05 bits per heavy atom. The quantitative estimate of drug-likeness (QED) is 0.712. The minimum Gasteiger partial charge on any atom is -0.330 e. The summed E-state index contributed by atoms with van der Waals surface area (Å²) in [6.07, 6.45) is 6.40. The lowest BCUT2D eigenvalue weighted by molar-refractivity contribution is 0.266. The summed E-state index contributed by atoms with van der Waals surface area (Å²) in [6.45, 7) is 2.20. The number of imidazole rings is 1. The smallest absolute Gasteiger partial charge is 0.178 e. The third kappa shape index (κ3) is 2.40. The highest BCUT2D eigenvalue weighted by Gasteiger charge is 2.23. The van der Waals surface area contributed by atoms with Crippen molar-refractivity contribution in [1.82, 2.24) is 9.55 Å². The maximum Gasteiger partial charge on any atom is 0.178 e. The summed E-state index contributed by atoms with van der Waals surface area (Å²) in [5.74, 6) is 0.228. The van der Waals surface area contributed by atoms with E-state index in [9.17, 15) is 4.39 Å². The summed E-state index contributed by atoms with van der Waals surface area (Å²) in [4.78, 5) is 3.09. The van der Waals surface area contributed by atoms with Crippen molar-refractivity contribution >= 4 is 34.9 Å². The highest BCUT2D eigenvalue weighted by atomic mass is 35.5. The zero-order chi connectivity index (χ0) is 14.3. The molecule has 1 aliphatic rings. The molecule has 1 aromatic heterocycles. The van der Waals surface area contributed by atoms with Crippen LogP contribution >= 0.6 is 23.8 Å². The SMILES string of the molecule is CC(C1CCCCC1)n1c(=S)[nH]c2cc(F)c(Cl)cc21. The molecule has 1 heterocycles. The second kappa shape index (κ2) is 5.49. The van der Waals surface area contributed by atoms with Crippen LogP contribution in [-0.2, 0) is 0 Å². The molecule has 2 aromatic rings. The molecule has 1 aliphatic carbocycles. The predicted molar refractivity (Wildman–Crippen MR) is 83.4 cm³/mol. The molecule has 1 N–H and O–H groups in total. The number of aromatic amines is 1. The van der Waals surface area contributed by atoms with Crippen molar-refractivity contribution in [2.24, 2.45) is 5.92 Å². The number of H-pyrrole nitrogens is 1. The molecule has 1 unspecified atom stereocenters. The molecule has 0 spiro atoms. The molecular weight excluding hydrogens is 295 g/mol. The van der Waals surface area contributed by atoms with Crippen LogP contribution in [0, 0.1) is 16.5 Å². The fourth-order valence-electron chi connectivity index (χ4n) is 3.35. The van der Waals surface area contributed by atoms with E-state index in [2.05, 4.69) is 16.5 Å². The van der Waals surface area contributed by atoms with Crippen molar-refractivity contribution in [3.63, 3.8) is 0 Å². The van der Waals surface area contributed by atoms with Gasteiger partial charge in [-0.15, -0.1) is 0 Å². The van der Waals surface area contributed by atoms with Gasteiger partial charge in [-0.1, -0.05) is 30.9 Å². The first-order valence-corrected chi connectivity index (χ1v) is 7.96. The van der Waals surface area contributed by atoms with E-state index in [1.807, 2.05) is 0 Å². The van der Waals surface area contributed by atoms with Gasteiger partial charge in [0.1, 0.15) is 5.82 Å². The monoisotopic (exact) mass is 312 g/mol. The summed E-state index contributed by atoms with van der Waals surface area (Å²) >= 11 is 11.4. The average molecular weight is 313 g/mol. The third-order valence-corrected chi connectivity index (χ3v) is 5.09. The largest absolute Gasteiger partial charge is 0.330 e. The molecule has 0 saturated heterocycles. The maximum absolute atomic E-state index is 13.6. The number of hydrogen-bond acceptors (Lipinski definition) is 1. The van der Waals surface area contributed by atoms with E-state index in [1.165, 1.54) is 38.2 Å². The van der Waals surface area contributed by atoms with Gasteiger partial charge in [0.05, 0.1) is 16.1 Å². The van der Waals surface area contributed by atoms with Gasteiger partial charge in [0.15, 0.2) is 4.77 Å². The molecule has 3 rings (SSSR count). The van der Waals surface area contributed by atoms with Crippen LogP contribution in [0.15, 0.2) is 12.1 Å². The molecular formula is C15H18ClFN2S. The van der Waals surface area contributed by atoms with E-state index in [-0.39, 0.29) is 5.02 Å². The van der Waals surface area contributed by atoms with Crippen molar-refractivity contribution in [3.05, 3.63) is 27.7 Å². The number of nitrogens with one attached hydrogen (secondary N) is 1. The van der Waals surface area contributed by atoms with Crippen LogP contribution in [0.4, 0.5) is 4.39 Å². The summed E-state index contributed by atoms with van der Waals surface area (Å²) in [6, 6.07) is 3.42. The van der Waals surface area contributed by atoms with Crippen molar-refractivity contribution in [2.45, 2.75) is 45.1 Å². The number of benzene rings is 1. The zero-order valence-electron chi connectivity index (χ0n) is 11.5. The second-order valence-corrected chi connectivity index (χ2v) is 6.52. The van der Waals surface area contributed by atoms with E-state index in [0.717, 1.165) is 11.0 Å². The lowest BCUT2D eigenvalue weighted by Gasteiger charge is -2.29. The standard InChI is InChI=1S/C15H18ClFN2S/c1-9(10-5-3-2-4-6-10)19-14-7-11(16)12(17)8-13(14)18-15(19)20/h7-10H,2-6H2,1H3,(H,18,20). The van der Waals surface area contributed by atoms with E-state index in [1.54, 1.807) is 6.07 Å². The minimum atomic E-state index is -0.409. The Kier molecular flexibility index (Phi) is 3.87. The van der Waals surface area contributed by atoms with E-state index in [4.69, 9.17) is 23.8 Å².